The number of carbonyl (C=O) groups excluding carboxylic acids is 1. The largest absolute Gasteiger partial charge is 0.396 e. The fourth-order valence-corrected chi connectivity index (χ4v) is 1.17. The summed E-state index contributed by atoms with van der Waals surface area (Å²) in [4.78, 5) is 11.3. The highest BCUT2D eigenvalue weighted by atomic mass is 16.3. The van der Waals surface area contributed by atoms with Crippen molar-refractivity contribution in [3.05, 3.63) is 11.8 Å². The molecule has 14 heavy (non-hydrogen) atoms. The maximum Gasteiger partial charge on any atom is 0.225 e. The number of aromatic nitrogens is 2. The Morgan fingerprint density at radius 2 is 2.43 bits per heavy atom. The van der Waals surface area contributed by atoms with Crippen molar-refractivity contribution in [3.8, 4) is 0 Å². The van der Waals surface area contributed by atoms with Crippen LogP contribution in [0.25, 0.3) is 0 Å². The van der Waals surface area contributed by atoms with Gasteiger partial charge in [0.2, 0.25) is 5.91 Å². The van der Waals surface area contributed by atoms with Crippen LogP contribution in [0.1, 0.15) is 18.5 Å². The number of hydrogen-bond acceptors (Lipinski definition) is 3. The number of aliphatic hydroxyl groups excluding tert-OH is 1. The predicted octanol–water partition coefficient (Wildman–Crippen LogP) is 0.440. The molecule has 0 saturated heterocycles. The normalized spacial score (nSPS) is 10.2. The maximum absolute atomic E-state index is 11.3. The Kier molecular flexibility index (Phi) is 3.64. The van der Waals surface area contributed by atoms with E-state index in [0.717, 1.165) is 5.69 Å². The van der Waals surface area contributed by atoms with Gasteiger partial charge in [-0.3, -0.25) is 9.48 Å². The van der Waals surface area contributed by atoms with Gasteiger partial charge in [0.05, 0.1) is 5.69 Å². The van der Waals surface area contributed by atoms with E-state index in [1.54, 1.807) is 17.8 Å². The minimum atomic E-state index is -0.0953. The lowest BCUT2D eigenvalue weighted by Crippen LogP contribution is -2.14. The first-order valence-corrected chi connectivity index (χ1v) is 4.55. The number of hydrogen-bond donors (Lipinski definition) is 2. The summed E-state index contributed by atoms with van der Waals surface area (Å²) in [6.07, 6.45) is 0.823. The zero-order chi connectivity index (χ0) is 10.6. The van der Waals surface area contributed by atoms with Gasteiger partial charge in [0.15, 0.2) is 0 Å². The molecule has 5 nitrogen and oxygen atoms in total. The van der Waals surface area contributed by atoms with Crippen LogP contribution in [0, 0.1) is 6.92 Å². The molecule has 78 valence electrons. The standard InChI is InChI=1S/C9H15N3O2/c1-7-6-8(12(2)11-7)10-9(14)4-3-5-13/h6,13H,3-5H2,1-2H3,(H,10,14). The first-order chi connectivity index (χ1) is 6.63. The number of nitrogens with one attached hydrogen (secondary N) is 1. The number of nitrogens with zero attached hydrogens (tertiary/aromatic N) is 2. The third-order valence-electron chi connectivity index (χ3n) is 1.83. The number of aliphatic hydroxyl groups is 1. The molecule has 0 bridgehead atoms. The van der Waals surface area contributed by atoms with Crippen molar-refractivity contribution in [3.63, 3.8) is 0 Å². The minimum Gasteiger partial charge on any atom is -0.396 e. The van der Waals surface area contributed by atoms with Crippen LogP contribution < -0.4 is 5.32 Å². The molecule has 0 aromatic carbocycles. The van der Waals surface area contributed by atoms with Crippen LogP contribution in [0.4, 0.5) is 5.82 Å². The van der Waals surface area contributed by atoms with Crippen LogP contribution >= 0.6 is 0 Å². The zero-order valence-electron chi connectivity index (χ0n) is 8.45. The number of amides is 1. The highest BCUT2D eigenvalue weighted by Gasteiger charge is 2.05. The Morgan fingerprint density at radius 3 is 2.93 bits per heavy atom. The van der Waals surface area contributed by atoms with E-state index in [4.69, 9.17) is 5.11 Å². The maximum atomic E-state index is 11.3. The van der Waals surface area contributed by atoms with Gasteiger partial charge in [-0.2, -0.15) is 5.10 Å². The Bertz CT molecular complexity index is 320. The lowest BCUT2D eigenvalue weighted by Gasteiger charge is -2.03. The van der Waals surface area contributed by atoms with E-state index in [1.165, 1.54) is 0 Å². The zero-order valence-corrected chi connectivity index (χ0v) is 8.45. The number of carbonyl (C=O) groups is 1. The molecule has 1 rings (SSSR count). The molecule has 1 heterocycles. The Hall–Kier alpha value is -1.36. The second-order valence-electron chi connectivity index (χ2n) is 3.17. The molecule has 0 unspecified atom stereocenters. The molecule has 1 aromatic heterocycles. The van der Waals surface area contributed by atoms with Crippen LogP contribution in [0.2, 0.25) is 0 Å². The summed E-state index contributed by atoms with van der Waals surface area (Å²) < 4.78 is 1.62. The van der Waals surface area contributed by atoms with Gasteiger partial charge in [-0.15, -0.1) is 0 Å². The molecule has 1 aromatic rings. The van der Waals surface area contributed by atoms with E-state index in [0.29, 0.717) is 18.7 Å². The van der Waals surface area contributed by atoms with E-state index in [-0.39, 0.29) is 12.5 Å². The van der Waals surface area contributed by atoms with Crippen molar-refractivity contribution in [2.45, 2.75) is 19.8 Å². The molecule has 0 saturated carbocycles. The third kappa shape index (κ3) is 2.85. The van der Waals surface area contributed by atoms with Gasteiger partial charge in [-0.25, -0.2) is 0 Å². The average molecular weight is 197 g/mol. The smallest absolute Gasteiger partial charge is 0.225 e. The van der Waals surface area contributed by atoms with Gasteiger partial charge in [0.25, 0.3) is 0 Å². The lowest BCUT2D eigenvalue weighted by molar-refractivity contribution is -0.116. The summed E-state index contributed by atoms with van der Waals surface area (Å²) in [6.45, 7) is 1.90. The second-order valence-corrected chi connectivity index (χ2v) is 3.17. The molecule has 2 N–H and O–H groups in total. The first-order valence-electron chi connectivity index (χ1n) is 4.55. The topological polar surface area (TPSA) is 67.2 Å². The fourth-order valence-electron chi connectivity index (χ4n) is 1.17. The van der Waals surface area contributed by atoms with E-state index in [1.807, 2.05) is 6.92 Å². The monoisotopic (exact) mass is 197 g/mol. The summed E-state index contributed by atoms with van der Waals surface area (Å²) in [5.74, 6) is 0.590. The van der Waals surface area contributed by atoms with Crippen molar-refractivity contribution in [1.29, 1.82) is 0 Å². The molecule has 0 aliphatic heterocycles. The highest BCUT2D eigenvalue weighted by Crippen LogP contribution is 2.08. The van der Waals surface area contributed by atoms with Gasteiger partial charge >= 0.3 is 0 Å². The van der Waals surface area contributed by atoms with E-state index in [9.17, 15) is 4.79 Å². The molecule has 0 aliphatic rings. The first kappa shape index (κ1) is 10.7. The predicted molar refractivity (Wildman–Crippen MR) is 52.9 cm³/mol. The number of aryl methyl sites for hydroxylation is 2. The molecule has 0 radical (unpaired) electrons. The van der Waals surface area contributed by atoms with Gasteiger partial charge < -0.3 is 10.4 Å². The second kappa shape index (κ2) is 4.76. The van der Waals surface area contributed by atoms with Crippen LogP contribution in [-0.4, -0.2) is 27.4 Å². The van der Waals surface area contributed by atoms with Crippen molar-refractivity contribution < 1.29 is 9.90 Å². The molecule has 5 heteroatoms. The van der Waals surface area contributed by atoms with Crippen LogP contribution in [0.5, 0.6) is 0 Å². The molecule has 0 spiro atoms. The van der Waals surface area contributed by atoms with Crippen molar-refractivity contribution in [2.75, 3.05) is 11.9 Å². The van der Waals surface area contributed by atoms with Crippen LogP contribution in [0.3, 0.4) is 0 Å². The Morgan fingerprint density at radius 1 is 1.71 bits per heavy atom. The van der Waals surface area contributed by atoms with E-state index in [2.05, 4.69) is 10.4 Å². The number of rotatable bonds is 4. The van der Waals surface area contributed by atoms with E-state index < -0.39 is 0 Å². The summed E-state index contributed by atoms with van der Waals surface area (Å²) >= 11 is 0. The van der Waals surface area contributed by atoms with Crippen molar-refractivity contribution >= 4 is 11.7 Å². The fraction of sp³-hybridized carbons (Fsp3) is 0.556. The molecular formula is C9H15N3O2. The van der Waals surface area contributed by atoms with Crippen LogP contribution in [-0.2, 0) is 11.8 Å². The highest BCUT2D eigenvalue weighted by molar-refractivity contribution is 5.89. The Balaban J connectivity index is 2.51. The Labute approximate surface area is 82.7 Å². The molecule has 0 fully saturated rings. The van der Waals surface area contributed by atoms with E-state index >= 15 is 0 Å². The lowest BCUT2D eigenvalue weighted by atomic mass is 10.3. The quantitative estimate of drug-likeness (QED) is 0.736. The summed E-state index contributed by atoms with van der Waals surface area (Å²) in [5.41, 5.74) is 0.866. The van der Waals surface area contributed by atoms with Crippen LogP contribution in [0.15, 0.2) is 6.07 Å². The molecule has 0 aliphatic carbocycles. The molecule has 0 atom stereocenters. The minimum absolute atomic E-state index is 0.0395. The summed E-state index contributed by atoms with van der Waals surface area (Å²) in [6, 6.07) is 1.80. The van der Waals surface area contributed by atoms with Gasteiger partial charge in [-0.05, 0) is 13.3 Å². The summed E-state index contributed by atoms with van der Waals surface area (Å²) in [5, 5.41) is 15.4. The SMILES string of the molecule is Cc1cc(NC(=O)CCCO)n(C)n1. The molecule has 1 amide bonds. The van der Waals surface area contributed by atoms with Gasteiger partial charge in [0.1, 0.15) is 5.82 Å². The summed E-state index contributed by atoms with van der Waals surface area (Å²) in [7, 11) is 1.77. The van der Waals surface area contributed by atoms with Gasteiger partial charge in [0, 0.05) is 26.1 Å². The van der Waals surface area contributed by atoms with Crippen molar-refractivity contribution in [2.24, 2.45) is 7.05 Å². The van der Waals surface area contributed by atoms with Gasteiger partial charge in [-0.1, -0.05) is 0 Å². The third-order valence-corrected chi connectivity index (χ3v) is 1.83. The number of anilines is 1. The van der Waals surface area contributed by atoms with Crippen molar-refractivity contribution in [1.82, 2.24) is 9.78 Å². The average Bonchev–Trinajstić information content (AvgIpc) is 2.42. The molecular weight excluding hydrogens is 182 g/mol.